The number of furan rings is 1. The number of esters is 1. The Morgan fingerprint density at radius 1 is 1.04 bits per heavy atom. The van der Waals surface area contributed by atoms with Gasteiger partial charge in [-0.2, -0.15) is 0 Å². The summed E-state index contributed by atoms with van der Waals surface area (Å²) in [6.45, 7) is -0.379. The van der Waals surface area contributed by atoms with Gasteiger partial charge in [0.25, 0.3) is 0 Å². The number of fused-ring (bicyclic) bond motifs is 1. The molecule has 1 aromatic heterocycles. The molecule has 1 heterocycles. The minimum absolute atomic E-state index is 0.171. The van der Waals surface area contributed by atoms with Crippen LogP contribution >= 0.6 is 0 Å². The van der Waals surface area contributed by atoms with Gasteiger partial charge in [0.15, 0.2) is 12.4 Å². The van der Waals surface area contributed by atoms with E-state index in [2.05, 4.69) is 0 Å². The SMILES string of the molecule is COc1cccc(C(=O)OCC(=O)c2cc3ccccc3o2)c1. The van der Waals surface area contributed by atoms with E-state index in [9.17, 15) is 9.59 Å². The van der Waals surface area contributed by atoms with Gasteiger partial charge < -0.3 is 13.9 Å². The van der Waals surface area contributed by atoms with E-state index in [1.54, 1.807) is 36.4 Å². The maximum Gasteiger partial charge on any atom is 0.338 e. The van der Waals surface area contributed by atoms with Crippen molar-refractivity contribution in [3.63, 3.8) is 0 Å². The number of hydrogen-bond donors (Lipinski definition) is 0. The summed E-state index contributed by atoms with van der Waals surface area (Å²) >= 11 is 0. The first-order chi connectivity index (χ1) is 11.2. The quantitative estimate of drug-likeness (QED) is 0.533. The summed E-state index contributed by atoms with van der Waals surface area (Å²) in [6.07, 6.45) is 0. The topological polar surface area (TPSA) is 65.7 Å². The maximum atomic E-state index is 12.1. The number of rotatable bonds is 5. The monoisotopic (exact) mass is 310 g/mol. The number of hydrogen-bond acceptors (Lipinski definition) is 5. The molecule has 0 saturated heterocycles. The zero-order valence-electron chi connectivity index (χ0n) is 12.4. The first kappa shape index (κ1) is 14.8. The third-order valence-corrected chi connectivity index (χ3v) is 3.34. The van der Waals surface area contributed by atoms with E-state index in [1.807, 2.05) is 18.2 Å². The highest BCUT2D eigenvalue weighted by atomic mass is 16.5. The number of benzene rings is 2. The molecular weight excluding hydrogens is 296 g/mol. The number of ether oxygens (including phenoxy) is 2. The second-order valence-corrected chi connectivity index (χ2v) is 4.88. The molecule has 5 heteroatoms. The second kappa shape index (κ2) is 6.36. The number of carbonyl (C=O) groups excluding carboxylic acids is 2. The summed E-state index contributed by atoms with van der Waals surface area (Å²) in [5, 5.41) is 0.829. The van der Waals surface area contributed by atoms with Crippen LogP contribution in [0.4, 0.5) is 0 Å². The Hall–Kier alpha value is -3.08. The molecule has 5 nitrogen and oxygen atoms in total. The first-order valence-corrected chi connectivity index (χ1v) is 7.00. The Morgan fingerprint density at radius 3 is 2.65 bits per heavy atom. The van der Waals surface area contributed by atoms with Crippen LogP contribution in [0.25, 0.3) is 11.0 Å². The first-order valence-electron chi connectivity index (χ1n) is 7.00. The fourth-order valence-corrected chi connectivity index (χ4v) is 2.15. The summed E-state index contributed by atoms with van der Waals surface area (Å²) in [6, 6.07) is 15.5. The van der Waals surface area contributed by atoms with Crippen LogP contribution in [0, 0.1) is 0 Å². The van der Waals surface area contributed by atoms with Crippen LogP contribution in [-0.2, 0) is 4.74 Å². The number of ketones is 1. The van der Waals surface area contributed by atoms with Crippen LogP contribution in [0.1, 0.15) is 20.9 Å². The molecule has 116 valence electrons. The molecule has 0 spiro atoms. The van der Waals surface area contributed by atoms with Crippen LogP contribution in [-0.4, -0.2) is 25.5 Å². The van der Waals surface area contributed by atoms with Crippen molar-refractivity contribution in [1.29, 1.82) is 0 Å². The Morgan fingerprint density at radius 2 is 1.87 bits per heavy atom. The van der Waals surface area contributed by atoms with E-state index in [1.165, 1.54) is 7.11 Å². The van der Waals surface area contributed by atoms with Gasteiger partial charge in [0.2, 0.25) is 5.78 Å². The molecule has 0 amide bonds. The number of methoxy groups -OCH3 is 1. The highest BCUT2D eigenvalue weighted by Crippen LogP contribution is 2.19. The van der Waals surface area contributed by atoms with Crippen LogP contribution in [0.3, 0.4) is 0 Å². The highest BCUT2D eigenvalue weighted by molar-refractivity contribution is 6.00. The summed E-state index contributed by atoms with van der Waals surface area (Å²) in [7, 11) is 1.51. The average molecular weight is 310 g/mol. The summed E-state index contributed by atoms with van der Waals surface area (Å²) in [5.74, 6) is -0.265. The number of Topliss-reactive ketones (excluding diaryl/α,β-unsaturated/α-hetero) is 1. The lowest BCUT2D eigenvalue weighted by Crippen LogP contribution is -2.13. The molecule has 0 unspecified atom stereocenters. The van der Waals surface area contributed by atoms with Crippen molar-refractivity contribution < 1.29 is 23.5 Å². The van der Waals surface area contributed by atoms with Crippen molar-refractivity contribution in [2.75, 3.05) is 13.7 Å². The third kappa shape index (κ3) is 3.23. The Balaban J connectivity index is 1.67. The summed E-state index contributed by atoms with van der Waals surface area (Å²) in [5.41, 5.74) is 0.941. The van der Waals surface area contributed by atoms with Gasteiger partial charge in [0.1, 0.15) is 11.3 Å². The molecule has 0 atom stereocenters. The molecule has 0 aliphatic carbocycles. The van der Waals surface area contributed by atoms with Crippen molar-refractivity contribution in [2.24, 2.45) is 0 Å². The lowest BCUT2D eigenvalue weighted by Gasteiger charge is -2.04. The molecule has 0 bridgehead atoms. The smallest absolute Gasteiger partial charge is 0.338 e. The van der Waals surface area contributed by atoms with Crippen molar-refractivity contribution in [3.05, 3.63) is 65.9 Å². The van der Waals surface area contributed by atoms with Gasteiger partial charge >= 0.3 is 5.97 Å². The van der Waals surface area contributed by atoms with Gasteiger partial charge in [-0.3, -0.25) is 4.79 Å². The average Bonchev–Trinajstić information content (AvgIpc) is 3.03. The molecule has 23 heavy (non-hydrogen) atoms. The van der Waals surface area contributed by atoms with Gasteiger partial charge in [-0.05, 0) is 30.3 Å². The van der Waals surface area contributed by atoms with Crippen LogP contribution in [0.5, 0.6) is 5.75 Å². The van der Waals surface area contributed by atoms with E-state index in [0.717, 1.165) is 5.39 Å². The molecule has 3 rings (SSSR count). The molecule has 0 radical (unpaired) electrons. The predicted molar refractivity (Wildman–Crippen MR) is 83.8 cm³/mol. The second-order valence-electron chi connectivity index (χ2n) is 4.88. The predicted octanol–water partition coefficient (Wildman–Crippen LogP) is 3.48. The van der Waals surface area contributed by atoms with Gasteiger partial charge in [0, 0.05) is 5.39 Å². The maximum absolute atomic E-state index is 12.1. The Labute approximate surface area is 132 Å². The normalized spacial score (nSPS) is 10.5. The molecule has 0 fully saturated rings. The van der Waals surface area contributed by atoms with E-state index in [0.29, 0.717) is 16.9 Å². The molecule has 0 aliphatic rings. The standard InChI is InChI=1S/C18H14O5/c1-21-14-7-4-6-13(9-14)18(20)22-11-15(19)17-10-12-5-2-3-8-16(12)23-17/h2-10H,11H2,1H3. The fourth-order valence-electron chi connectivity index (χ4n) is 2.15. The minimum Gasteiger partial charge on any atom is -0.497 e. The largest absolute Gasteiger partial charge is 0.497 e. The number of carbonyl (C=O) groups is 2. The van der Waals surface area contributed by atoms with E-state index < -0.39 is 11.8 Å². The van der Waals surface area contributed by atoms with E-state index in [4.69, 9.17) is 13.9 Å². The molecule has 0 aliphatic heterocycles. The zero-order valence-corrected chi connectivity index (χ0v) is 12.4. The van der Waals surface area contributed by atoms with Gasteiger partial charge in [-0.1, -0.05) is 24.3 Å². The van der Waals surface area contributed by atoms with Crippen LogP contribution < -0.4 is 4.74 Å². The Bertz CT molecular complexity index is 829. The molecule has 2 aromatic carbocycles. The molecule has 3 aromatic rings. The van der Waals surface area contributed by atoms with Gasteiger partial charge in [0.05, 0.1) is 12.7 Å². The van der Waals surface area contributed by atoms with E-state index in [-0.39, 0.29) is 12.4 Å². The highest BCUT2D eigenvalue weighted by Gasteiger charge is 2.16. The lowest BCUT2D eigenvalue weighted by atomic mass is 10.2. The summed E-state index contributed by atoms with van der Waals surface area (Å²) in [4.78, 5) is 24.0. The fraction of sp³-hybridized carbons (Fsp3) is 0.111. The number of para-hydroxylation sites is 1. The minimum atomic E-state index is -0.589. The molecule has 0 saturated carbocycles. The van der Waals surface area contributed by atoms with Crippen molar-refractivity contribution in [2.45, 2.75) is 0 Å². The van der Waals surface area contributed by atoms with Gasteiger partial charge in [-0.15, -0.1) is 0 Å². The Kier molecular flexibility index (Phi) is 4.10. The third-order valence-electron chi connectivity index (χ3n) is 3.34. The van der Waals surface area contributed by atoms with Crippen LogP contribution in [0.15, 0.2) is 59.0 Å². The van der Waals surface area contributed by atoms with Crippen molar-refractivity contribution in [3.8, 4) is 5.75 Å². The molecular formula is C18H14O5. The van der Waals surface area contributed by atoms with E-state index >= 15 is 0 Å². The summed E-state index contributed by atoms with van der Waals surface area (Å²) < 4.78 is 15.5. The van der Waals surface area contributed by atoms with Crippen LogP contribution in [0.2, 0.25) is 0 Å². The van der Waals surface area contributed by atoms with Crippen molar-refractivity contribution >= 4 is 22.7 Å². The molecule has 0 N–H and O–H groups in total. The lowest BCUT2D eigenvalue weighted by molar-refractivity contribution is 0.0468. The van der Waals surface area contributed by atoms with Crippen molar-refractivity contribution in [1.82, 2.24) is 0 Å². The zero-order chi connectivity index (χ0) is 16.2. The van der Waals surface area contributed by atoms with Gasteiger partial charge in [-0.25, -0.2) is 4.79 Å².